The lowest BCUT2D eigenvalue weighted by Gasteiger charge is -2.27. The first kappa shape index (κ1) is 13.0. The maximum atomic E-state index is 13.0. The van der Waals surface area contributed by atoms with Crippen molar-refractivity contribution in [2.45, 2.75) is 51.1 Å². The van der Waals surface area contributed by atoms with Crippen molar-refractivity contribution in [2.24, 2.45) is 0 Å². The Morgan fingerprint density at radius 2 is 2.00 bits per heavy atom. The van der Waals surface area contributed by atoms with Gasteiger partial charge in [0.15, 0.2) is 0 Å². The Labute approximate surface area is 111 Å². The normalized spacial score (nSPS) is 19.2. The van der Waals surface area contributed by atoms with Crippen molar-refractivity contribution in [3.05, 3.63) is 34.1 Å². The molecule has 0 aromatic heterocycles. The lowest BCUT2D eigenvalue weighted by molar-refractivity contribution is 0.346. The van der Waals surface area contributed by atoms with Gasteiger partial charge in [0, 0.05) is 16.6 Å². The highest BCUT2D eigenvalue weighted by Gasteiger charge is 2.17. The molecule has 1 N–H and O–H groups in total. The zero-order chi connectivity index (χ0) is 12.3. The van der Waals surface area contributed by atoms with Gasteiger partial charge in [0.2, 0.25) is 0 Å². The quantitative estimate of drug-likeness (QED) is 0.862. The molecule has 0 aliphatic heterocycles. The molecule has 17 heavy (non-hydrogen) atoms. The average Bonchev–Trinajstić information content (AvgIpc) is 2.30. The summed E-state index contributed by atoms with van der Waals surface area (Å²) in [6, 6.07) is 5.82. The molecule has 0 spiro atoms. The molecule has 1 saturated carbocycles. The number of benzene rings is 1. The van der Waals surface area contributed by atoms with Gasteiger partial charge >= 0.3 is 0 Å². The summed E-state index contributed by atoms with van der Waals surface area (Å²) in [5, 5.41) is 3.64. The summed E-state index contributed by atoms with van der Waals surface area (Å²) in [6.07, 6.45) is 6.56. The highest BCUT2D eigenvalue weighted by atomic mass is 79.9. The second-order valence-electron chi connectivity index (χ2n) is 4.89. The van der Waals surface area contributed by atoms with Gasteiger partial charge in [-0.2, -0.15) is 0 Å². The van der Waals surface area contributed by atoms with Gasteiger partial charge in [-0.25, -0.2) is 4.39 Å². The Hall–Kier alpha value is -0.410. The molecule has 3 heteroatoms. The molecule has 2 rings (SSSR count). The SMILES string of the molecule is CC(NC1CCCCC1)c1ccc(F)cc1Br. The highest BCUT2D eigenvalue weighted by molar-refractivity contribution is 9.10. The van der Waals surface area contributed by atoms with Crippen LogP contribution in [0.5, 0.6) is 0 Å². The van der Waals surface area contributed by atoms with E-state index in [1.54, 1.807) is 0 Å². The molecule has 1 aliphatic carbocycles. The Kier molecular flexibility index (Phi) is 4.57. The van der Waals surface area contributed by atoms with Crippen LogP contribution in [0.3, 0.4) is 0 Å². The van der Waals surface area contributed by atoms with E-state index in [4.69, 9.17) is 0 Å². The average molecular weight is 300 g/mol. The molecule has 94 valence electrons. The third-order valence-electron chi connectivity index (χ3n) is 3.52. The van der Waals surface area contributed by atoms with Gasteiger partial charge < -0.3 is 5.32 Å². The molecule has 0 radical (unpaired) electrons. The molecule has 0 amide bonds. The van der Waals surface area contributed by atoms with Gasteiger partial charge in [-0.15, -0.1) is 0 Å². The Bertz CT molecular complexity index is 374. The molecule has 1 atom stereocenters. The molecule has 0 saturated heterocycles. The minimum absolute atomic E-state index is 0.189. The van der Waals surface area contributed by atoms with Gasteiger partial charge in [-0.1, -0.05) is 41.3 Å². The van der Waals surface area contributed by atoms with E-state index in [9.17, 15) is 4.39 Å². The van der Waals surface area contributed by atoms with Crippen LogP contribution in [-0.2, 0) is 0 Å². The van der Waals surface area contributed by atoms with Crippen LogP contribution < -0.4 is 5.32 Å². The fraction of sp³-hybridized carbons (Fsp3) is 0.571. The van der Waals surface area contributed by atoms with Gasteiger partial charge in [-0.3, -0.25) is 0 Å². The van der Waals surface area contributed by atoms with Gasteiger partial charge in [0.25, 0.3) is 0 Å². The van der Waals surface area contributed by atoms with Crippen molar-refractivity contribution < 1.29 is 4.39 Å². The molecule has 1 unspecified atom stereocenters. The second-order valence-corrected chi connectivity index (χ2v) is 5.74. The van der Waals surface area contributed by atoms with E-state index < -0.39 is 0 Å². The van der Waals surface area contributed by atoms with E-state index >= 15 is 0 Å². The van der Waals surface area contributed by atoms with Crippen LogP contribution in [0.1, 0.15) is 50.6 Å². The molecule has 1 aromatic carbocycles. The van der Waals surface area contributed by atoms with Crippen molar-refractivity contribution >= 4 is 15.9 Å². The third-order valence-corrected chi connectivity index (χ3v) is 4.21. The fourth-order valence-electron chi connectivity index (χ4n) is 2.57. The van der Waals surface area contributed by atoms with Gasteiger partial charge in [0.1, 0.15) is 5.82 Å². The standard InChI is InChI=1S/C14H19BrFN/c1-10(17-12-5-3-2-4-6-12)13-8-7-11(16)9-14(13)15/h7-10,12,17H,2-6H2,1H3. The molecule has 0 heterocycles. The third kappa shape index (κ3) is 3.52. The number of hydrogen-bond acceptors (Lipinski definition) is 1. The van der Waals surface area contributed by atoms with Crippen LogP contribution in [0.25, 0.3) is 0 Å². The molecule has 1 nitrogen and oxygen atoms in total. The first-order chi connectivity index (χ1) is 8.16. The first-order valence-electron chi connectivity index (χ1n) is 6.38. The molecule has 1 aliphatic rings. The van der Waals surface area contributed by atoms with Crippen molar-refractivity contribution in [3.63, 3.8) is 0 Å². The number of nitrogens with one attached hydrogen (secondary N) is 1. The van der Waals surface area contributed by atoms with Gasteiger partial charge in [0.05, 0.1) is 0 Å². The van der Waals surface area contributed by atoms with E-state index in [-0.39, 0.29) is 11.9 Å². The van der Waals surface area contributed by atoms with Gasteiger partial charge in [-0.05, 0) is 37.5 Å². The van der Waals surface area contributed by atoms with Crippen LogP contribution >= 0.6 is 15.9 Å². The topological polar surface area (TPSA) is 12.0 Å². The summed E-state index contributed by atoms with van der Waals surface area (Å²) in [4.78, 5) is 0. The van der Waals surface area contributed by atoms with E-state index in [2.05, 4.69) is 28.2 Å². The summed E-state index contributed by atoms with van der Waals surface area (Å²) in [7, 11) is 0. The highest BCUT2D eigenvalue weighted by Crippen LogP contribution is 2.26. The minimum Gasteiger partial charge on any atom is -0.307 e. The molecule has 1 fully saturated rings. The molecule has 0 bridgehead atoms. The van der Waals surface area contributed by atoms with Crippen molar-refractivity contribution in [1.82, 2.24) is 5.32 Å². The summed E-state index contributed by atoms with van der Waals surface area (Å²) in [6.45, 7) is 2.15. The predicted molar refractivity (Wildman–Crippen MR) is 72.5 cm³/mol. The summed E-state index contributed by atoms with van der Waals surface area (Å²) in [5.74, 6) is -0.189. The van der Waals surface area contributed by atoms with Crippen LogP contribution in [0.4, 0.5) is 4.39 Å². The van der Waals surface area contributed by atoms with E-state index in [0.717, 1.165) is 10.0 Å². The monoisotopic (exact) mass is 299 g/mol. The van der Waals surface area contributed by atoms with Crippen LogP contribution in [0.2, 0.25) is 0 Å². The summed E-state index contributed by atoms with van der Waals surface area (Å²) < 4.78 is 13.9. The Balaban J connectivity index is 2.00. The Morgan fingerprint density at radius 1 is 1.29 bits per heavy atom. The zero-order valence-corrected chi connectivity index (χ0v) is 11.8. The van der Waals surface area contributed by atoms with Crippen LogP contribution in [0.15, 0.2) is 22.7 Å². The largest absolute Gasteiger partial charge is 0.307 e. The Morgan fingerprint density at radius 3 is 2.65 bits per heavy atom. The minimum atomic E-state index is -0.189. The number of halogens is 2. The molecular formula is C14H19BrFN. The smallest absolute Gasteiger partial charge is 0.124 e. The second kappa shape index (κ2) is 5.96. The lowest BCUT2D eigenvalue weighted by atomic mass is 9.94. The first-order valence-corrected chi connectivity index (χ1v) is 7.17. The number of rotatable bonds is 3. The maximum absolute atomic E-state index is 13.0. The summed E-state index contributed by atoms with van der Waals surface area (Å²) >= 11 is 3.43. The maximum Gasteiger partial charge on any atom is 0.124 e. The van der Waals surface area contributed by atoms with Crippen molar-refractivity contribution in [2.75, 3.05) is 0 Å². The lowest BCUT2D eigenvalue weighted by Crippen LogP contribution is -2.33. The van der Waals surface area contributed by atoms with E-state index in [1.807, 2.05) is 6.07 Å². The fourth-order valence-corrected chi connectivity index (χ4v) is 3.26. The van der Waals surface area contributed by atoms with Crippen molar-refractivity contribution in [1.29, 1.82) is 0 Å². The molecular weight excluding hydrogens is 281 g/mol. The number of hydrogen-bond donors (Lipinski definition) is 1. The molecule has 1 aromatic rings. The predicted octanol–water partition coefficient (Wildman–Crippen LogP) is 4.57. The van der Waals surface area contributed by atoms with Crippen molar-refractivity contribution in [3.8, 4) is 0 Å². The summed E-state index contributed by atoms with van der Waals surface area (Å²) in [5.41, 5.74) is 1.14. The zero-order valence-electron chi connectivity index (χ0n) is 10.2. The van der Waals surface area contributed by atoms with E-state index in [1.165, 1.54) is 44.2 Å². The van der Waals surface area contributed by atoms with Crippen LogP contribution in [-0.4, -0.2) is 6.04 Å². The van der Waals surface area contributed by atoms with Crippen LogP contribution in [0, 0.1) is 5.82 Å². The van der Waals surface area contributed by atoms with E-state index in [0.29, 0.717) is 6.04 Å².